The smallest absolute Gasteiger partial charge is 0.462 e. The molecular formula is C78H148O17P2. The summed E-state index contributed by atoms with van der Waals surface area (Å²) in [5.74, 6) is -1.35. The summed E-state index contributed by atoms with van der Waals surface area (Å²) in [5, 5.41) is 10.6. The Morgan fingerprint density at radius 1 is 0.320 bits per heavy atom. The number of unbranched alkanes of at least 4 members (excludes halogenated alkanes) is 45. The Morgan fingerprint density at radius 3 is 0.845 bits per heavy atom. The van der Waals surface area contributed by atoms with E-state index < -0.39 is 97.5 Å². The summed E-state index contributed by atoms with van der Waals surface area (Å²) in [7, 11) is -9.92. The van der Waals surface area contributed by atoms with Crippen LogP contribution in [0.4, 0.5) is 0 Å². The van der Waals surface area contributed by atoms with Crippen LogP contribution in [-0.4, -0.2) is 96.7 Å². The third-order valence-electron chi connectivity index (χ3n) is 17.7. The fourth-order valence-corrected chi connectivity index (χ4v) is 13.1. The number of allylic oxidation sites excluding steroid dienone is 4. The van der Waals surface area contributed by atoms with Crippen molar-refractivity contribution in [2.45, 2.75) is 406 Å². The number of esters is 4. The van der Waals surface area contributed by atoms with Crippen molar-refractivity contribution in [2.75, 3.05) is 39.6 Å². The number of aliphatic hydroxyl groups excluding tert-OH is 1. The highest BCUT2D eigenvalue weighted by molar-refractivity contribution is 7.47. The molecule has 0 radical (unpaired) electrons. The monoisotopic (exact) mass is 1420 g/mol. The Morgan fingerprint density at radius 2 is 0.557 bits per heavy atom. The van der Waals surface area contributed by atoms with Crippen molar-refractivity contribution in [3.8, 4) is 0 Å². The second-order valence-electron chi connectivity index (χ2n) is 27.9. The van der Waals surface area contributed by atoms with Gasteiger partial charge in [0.25, 0.3) is 0 Å². The lowest BCUT2D eigenvalue weighted by molar-refractivity contribution is -0.161. The Labute approximate surface area is 592 Å². The highest BCUT2D eigenvalue weighted by Crippen LogP contribution is 2.45. The average Bonchev–Trinajstić information content (AvgIpc) is 1.30. The van der Waals surface area contributed by atoms with E-state index in [0.29, 0.717) is 25.7 Å². The second kappa shape index (κ2) is 70.6. The number of hydrogen-bond donors (Lipinski definition) is 3. The topological polar surface area (TPSA) is 237 Å². The lowest BCUT2D eigenvalue weighted by Crippen LogP contribution is -2.30. The van der Waals surface area contributed by atoms with E-state index in [0.717, 1.165) is 121 Å². The summed E-state index contributed by atoms with van der Waals surface area (Å²) < 4.78 is 68.4. The Kier molecular flexibility index (Phi) is 68.8. The lowest BCUT2D eigenvalue weighted by Gasteiger charge is -2.21. The molecule has 0 saturated carbocycles. The van der Waals surface area contributed by atoms with Crippen molar-refractivity contribution < 1.29 is 80.2 Å². The first-order valence-electron chi connectivity index (χ1n) is 40.0. The minimum atomic E-state index is -4.96. The zero-order valence-electron chi connectivity index (χ0n) is 62.7. The molecule has 0 aliphatic rings. The molecule has 5 atom stereocenters. The molecule has 0 aromatic rings. The van der Waals surface area contributed by atoms with Crippen molar-refractivity contribution in [1.82, 2.24) is 0 Å². The maximum Gasteiger partial charge on any atom is 0.472 e. The maximum absolute atomic E-state index is 13.1. The molecule has 17 nitrogen and oxygen atoms in total. The fourth-order valence-electron chi connectivity index (χ4n) is 11.5. The molecule has 97 heavy (non-hydrogen) atoms. The number of rotatable bonds is 76. The van der Waals surface area contributed by atoms with Gasteiger partial charge in [-0.05, 0) is 57.3 Å². The van der Waals surface area contributed by atoms with Crippen molar-refractivity contribution in [3.05, 3.63) is 24.3 Å². The van der Waals surface area contributed by atoms with E-state index in [1.807, 2.05) is 0 Å². The van der Waals surface area contributed by atoms with E-state index in [-0.39, 0.29) is 25.7 Å². The molecule has 0 spiro atoms. The van der Waals surface area contributed by atoms with Crippen LogP contribution in [-0.2, 0) is 65.4 Å². The van der Waals surface area contributed by atoms with Crippen LogP contribution in [0.2, 0.25) is 0 Å². The molecule has 0 heterocycles. The van der Waals surface area contributed by atoms with E-state index >= 15 is 0 Å². The van der Waals surface area contributed by atoms with E-state index in [1.54, 1.807) is 0 Å². The summed E-state index contributed by atoms with van der Waals surface area (Å²) in [6.45, 7) is 7.22. The van der Waals surface area contributed by atoms with Crippen LogP contribution in [0, 0.1) is 5.92 Å². The fraction of sp³-hybridized carbons (Fsp3) is 0.897. The normalized spacial score (nSPS) is 14.1. The van der Waals surface area contributed by atoms with Gasteiger partial charge in [0.1, 0.15) is 19.3 Å². The van der Waals surface area contributed by atoms with Gasteiger partial charge in [0.2, 0.25) is 0 Å². The van der Waals surface area contributed by atoms with Gasteiger partial charge in [0.15, 0.2) is 12.2 Å². The standard InChI is InChI=1S/C78H148O17P2/c1-6-9-12-15-18-20-22-24-26-27-28-30-36-40-44-49-54-59-64-78(83)95-74(68-89-76(81)62-57-52-47-42-38-34-32-31-33-37-41-46-50-55-60-71(4)5)70-93-97(86,87)91-66-72(79)65-90-96(84,85)92-69-73(67-88-75(80)61-56-51-45-17-14-11-8-3)94-77(82)63-58-53-48-43-39-35-29-25-23-21-19-16-13-10-7-2/h21,23,25,29,71-74,79H,6-20,22,24,26-28,30-70H2,1-5H3,(H,84,85)(H,86,87)/b23-21-,29-25-/t72-,73+,74+/m0/s1. The predicted molar refractivity (Wildman–Crippen MR) is 395 cm³/mol. The van der Waals surface area contributed by atoms with Crippen LogP contribution in [0.5, 0.6) is 0 Å². The van der Waals surface area contributed by atoms with Crippen LogP contribution in [0.25, 0.3) is 0 Å². The molecule has 572 valence electrons. The maximum atomic E-state index is 13.1. The van der Waals surface area contributed by atoms with Crippen molar-refractivity contribution in [2.24, 2.45) is 5.92 Å². The molecule has 0 aromatic carbocycles. The zero-order valence-corrected chi connectivity index (χ0v) is 64.5. The number of phosphoric acid groups is 2. The van der Waals surface area contributed by atoms with Crippen molar-refractivity contribution in [3.63, 3.8) is 0 Å². The lowest BCUT2D eigenvalue weighted by atomic mass is 10.0. The summed E-state index contributed by atoms with van der Waals surface area (Å²) in [4.78, 5) is 72.7. The number of aliphatic hydroxyl groups is 1. The largest absolute Gasteiger partial charge is 0.472 e. The van der Waals surface area contributed by atoms with Crippen LogP contribution in [0.3, 0.4) is 0 Å². The van der Waals surface area contributed by atoms with Gasteiger partial charge in [-0.25, -0.2) is 9.13 Å². The third kappa shape index (κ3) is 71.7. The Bertz CT molecular complexity index is 1950. The molecule has 19 heteroatoms. The quantitative estimate of drug-likeness (QED) is 0.0169. The van der Waals surface area contributed by atoms with E-state index in [9.17, 15) is 43.2 Å². The number of hydrogen-bond acceptors (Lipinski definition) is 15. The minimum Gasteiger partial charge on any atom is -0.462 e. The first-order chi connectivity index (χ1) is 47.0. The van der Waals surface area contributed by atoms with Crippen LogP contribution in [0.1, 0.15) is 388 Å². The molecule has 2 unspecified atom stereocenters. The van der Waals surface area contributed by atoms with Gasteiger partial charge in [-0.3, -0.25) is 37.3 Å². The third-order valence-corrected chi connectivity index (χ3v) is 19.6. The molecule has 0 saturated heterocycles. The molecular weight excluding hydrogens is 1270 g/mol. The highest BCUT2D eigenvalue weighted by Gasteiger charge is 2.30. The van der Waals surface area contributed by atoms with E-state index in [1.165, 1.54) is 186 Å². The predicted octanol–water partition coefficient (Wildman–Crippen LogP) is 22.8. The minimum absolute atomic E-state index is 0.0850. The van der Waals surface area contributed by atoms with Gasteiger partial charge >= 0.3 is 39.5 Å². The van der Waals surface area contributed by atoms with E-state index in [4.69, 9.17) is 37.0 Å². The Balaban J connectivity index is 5.22. The van der Waals surface area contributed by atoms with E-state index in [2.05, 4.69) is 58.9 Å². The van der Waals surface area contributed by atoms with Crippen LogP contribution < -0.4 is 0 Å². The molecule has 3 N–H and O–H groups in total. The number of phosphoric ester groups is 2. The van der Waals surface area contributed by atoms with Crippen molar-refractivity contribution in [1.29, 1.82) is 0 Å². The first kappa shape index (κ1) is 94.5. The average molecular weight is 1420 g/mol. The van der Waals surface area contributed by atoms with Gasteiger partial charge in [0, 0.05) is 25.7 Å². The van der Waals surface area contributed by atoms with Crippen LogP contribution in [0.15, 0.2) is 24.3 Å². The molecule has 0 amide bonds. The van der Waals surface area contributed by atoms with Crippen LogP contribution >= 0.6 is 15.6 Å². The Hall–Kier alpha value is -2.46. The number of carbonyl (C=O) groups excluding carboxylic acids is 4. The van der Waals surface area contributed by atoms with Crippen molar-refractivity contribution >= 4 is 39.5 Å². The molecule has 0 aliphatic carbocycles. The number of ether oxygens (including phenoxy) is 4. The second-order valence-corrected chi connectivity index (χ2v) is 30.8. The molecule has 0 bridgehead atoms. The summed E-state index contributed by atoms with van der Waals surface area (Å²) in [6, 6.07) is 0. The summed E-state index contributed by atoms with van der Waals surface area (Å²) in [5.41, 5.74) is 0. The molecule has 0 fully saturated rings. The molecule has 0 aromatic heterocycles. The summed E-state index contributed by atoms with van der Waals surface area (Å²) >= 11 is 0. The van der Waals surface area contributed by atoms with Gasteiger partial charge in [0.05, 0.1) is 26.4 Å². The molecule has 0 rings (SSSR count). The van der Waals surface area contributed by atoms with Gasteiger partial charge in [-0.1, -0.05) is 335 Å². The number of carbonyl (C=O) groups is 4. The summed E-state index contributed by atoms with van der Waals surface area (Å²) in [6.07, 6.45) is 63.4. The zero-order chi connectivity index (χ0) is 71.2. The molecule has 0 aliphatic heterocycles. The van der Waals surface area contributed by atoms with Gasteiger partial charge in [-0.15, -0.1) is 0 Å². The highest BCUT2D eigenvalue weighted by atomic mass is 31.2. The SMILES string of the molecule is CCCCCC/C=C\C=C/CCCCCCCC(=O)O[C@H](COC(=O)CCCCCCCCC)COP(=O)(O)OC[C@H](O)COP(=O)(O)OC[C@@H](COC(=O)CCCCCCCCCCCCCCCCC(C)C)OC(=O)CCCCCCCCCCCCCCCCCCCC. The van der Waals surface area contributed by atoms with Gasteiger partial charge < -0.3 is 33.8 Å². The van der Waals surface area contributed by atoms with Gasteiger partial charge in [-0.2, -0.15) is 0 Å². The first-order valence-corrected chi connectivity index (χ1v) is 42.9.